The van der Waals surface area contributed by atoms with Gasteiger partial charge in [0.25, 0.3) is 0 Å². The maximum absolute atomic E-state index is 11.3. The van der Waals surface area contributed by atoms with Gasteiger partial charge in [-0.25, -0.2) is 9.78 Å². The fourth-order valence-electron chi connectivity index (χ4n) is 0.934. The molecule has 0 amide bonds. The van der Waals surface area contributed by atoms with Crippen LogP contribution in [0.15, 0.2) is 9.08 Å². The summed E-state index contributed by atoms with van der Waals surface area (Å²) in [5.74, 6) is -0.483. The summed E-state index contributed by atoms with van der Waals surface area (Å²) in [6, 6.07) is 0. The molecule has 0 atom stereocenters. The number of aromatic nitrogens is 1. The number of nitrogen functional groups attached to an aromatic ring is 1. The van der Waals surface area contributed by atoms with Crippen LogP contribution in [0.5, 0.6) is 0 Å². The molecular weight excluding hydrogens is 316 g/mol. The Hall–Kier alpha value is -0.620. The fourth-order valence-corrected chi connectivity index (χ4v) is 1.95. The van der Waals surface area contributed by atoms with Crippen molar-refractivity contribution in [3.8, 4) is 0 Å². The average Bonchev–Trinajstić information content (AvgIpc) is 2.19. The molecule has 0 aliphatic heterocycles. The predicted molar refractivity (Wildman–Crippen MR) is 60.1 cm³/mol. The van der Waals surface area contributed by atoms with E-state index in [2.05, 4.69) is 41.6 Å². The number of halogens is 2. The van der Waals surface area contributed by atoms with Gasteiger partial charge in [-0.05, 0) is 44.3 Å². The van der Waals surface area contributed by atoms with E-state index in [-0.39, 0.29) is 5.69 Å². The summed E-state index contributed by atoms with van der Waals surface area (Å²) in [4.78, 5) is 15.3. The molecule has 0 saturated carbocycles. The number of anilines is 1. The van der Waals surface area contributed by atoms with Crippen LogP contribution in [0.2, 0.25) is 0 Å². The number of nitrogens with two attached hydrogens (primary N) is 1. The molecule has 1 heterocycles. The molecule has 0 aliphatic rings. The molecule has 0 bridgehead atoms. The van der Waals surface area contributed by atoms with Gasteiger partial charge in [0.2, 0.25) is 0 Å². The number of methoxy groups -OCH3 is 1. The molecule has 1 aromatic heterocycles. The van der Waals surface area contributed by atoms with Crippen molar-refractivity contribution in [3.05, 3.63) is 20.3 Å². The number of carbonyl (C=O) groups excluding carboxylic acids is 1. The highest BCUT2D eigenvalue weighted by Crippen LogP contribution is 2.31. The van der Waals surface area contributed by atoms with Crippen molar-refractivity contribution in [2.75, 3.05) is 12.8 Å². The smallest absolute Gasteiger partial charge is 0.357 e. The van der Waals surface area contributed by atoms with Crippen LogP contribution < -0.4 is 5.73 Å². The largest absolute Gasteiger partial charge is 0.464 e. The van der Waals surface area contributed by atoms with Crippen LogP contribution in [0.25, 0.3) is 0 Å². The lowest BCUT2D eigenvalue weighted by Gasteiger charge is -2.08. The number of esters is 1. The zero-order chi connectivity index (χ0) is 10.9. The van der Waals surface area contributed by atoms with Crippen molar-refractivity contribution in [2.24, 2.45) is 0 Å². The van der Waals surface area contributed by atoms with E-state index in [1.807, 2.05) is 0 Å². The third-order valence-electron chi connectivity index (χ3n) is 1.73. The van der Waals surface area contributed by atoms with Crippen molar-refractivity contribution >= 4 is 43.5 Å². The van der Waals surface area contributed by atoms with E-state index in [0.717, 1.165) is 0 Å². The zero-order valence-corrected chi connectivity index (χ0v) is 10.8. The van der Waals surface area contributed by atoms with Crippen LogP contribution in [0.1, 0.15) is 16.1 Å². The highest BCUT2D eigenvalue weighted by molar-refractivity contribution is 9.11. The predicted octanol–water partition coefficient (Wildman–Crippen LogP) is 2.28. The molecule has 2 N–H and O–H groups in total. The van der Waals surface area contributed by atoms with Gasteiger partial charge >= 0.3 is 5.97 Å². The van der Waals surface area contributed by atoms with Crippen LogP contribution in [0, 0.1) is 6.92 Å². The number of hydrogen-bond donors (Lipinski definition) is 1. The van der Waals surface area contributed by atoms with Crippen LogP contribution in [-0.4, -0.2) is 18.1 Å². The summed E-state index contributed by atoms with van der Waals surface area (Å²) in [6.45, 7) is 1.74. The summed E-state index contributed by atoms with van der Waals surface area (Å²) in [7, 11) is 1.31. The Morgan fingerprint density at radius 1 is 1.50 bits per heavy atom. The minimum atomic E-state index is -0.483. The first-order valence-electron chi connectivity index (χ1n) is 3.68. The first kappa shape index (κ1) is 11.5. The quantitative estimate of drug-likeness (QED) is 0.636. The van der Waals surface area contributed by atoms with E-state index in [1.54, 1.807) is 6.92 Å². The second-order valence-electron chi connectivity index (χ2n) is 2.60. The molecule has 0 aliphatic carbocycles. The molecule has 0 spiro atoms. The van der Waals surface area contributed by atoms with Gasteiger partial charge in [-0.2, -0.15) is 0 Å². The van der Waals surface area contributed by atoms with E-state index in [4.69, 9.17) is 5.73 Å². The number of ether oxygens (including phenoxy) is 1. The van der Waals surface area contributed by atoms with Crippen molar-refractivity contribution in [3.63, 3.8) is 0 Å². The third kappa shape index (κ3) is 1.90. The summed E-state index contributed by atoms with van der Waals surface area (Å²) in [6.07, 6.45) is 0. The first-order valence-corrected chi connectivity index (χ1v) is 5.27. The fraction of sp³-hybridized carbons (Fsp3) is 0.250. The molecule has 1 rings (SSSR count). The van der Waals surface area contributed by atoms with Gasteiger partial charge < -0.3 is 10.5 Å². The van der Waals surface area contributed by atoms with Crippen LogP contribution >= 0.6 is 31.9 Å². The Morgan fingerprint density at radius 3 is 2.57 bits per heavy atom. The Bertz CT molecular complexity index is 393. The van der Waals surface area contributed by atoms with Crippen LogP contribution in [0.4, 0.5) is 5.69 Å². The minimum absolute atomic E-state index is 0.250. The van der Waals surface area contributed by atoms with Crippen molar-refractivity contribution < 1.29 is 9.53 Å². The van der Waals surface area contributed by atoms with Crippen LogP contribution in [0.3, 0.4) is 0 Å². The van der Waals surface area contributed by atoms with E-state index in [1.165, 1.54) is 7.11 Å². The molecule has 0 saturated heterocycles. The van der Waals surface area contributed by atoms with Crippen molar-refractivity contribution in [2.45, 2.75) is 6.92 Å². The SMILES string of the molecule is COC(=O)c1nc(Br)c(N)c(Br)c1C. The van der Waals surface area contributed by atoms with E-state index < -0.39 is 5.97 Å². The zero-order valence-electron chi connectivity index (χ0n) is 7.60. The Kier molecular flexibility index (Phi) is 3.49. The van der Waals surface area contributed by atoms with Crippen LogP contribution in [-0.2, 0) is 4.74 Å². The van der Waals surface area contributed by atoms with Gasteiger partial charge in [0.15, 0.2) is 5.69 Å². The van der Waals surface area contributed by atoms with Gasteiger partial charge in [-0.15, -0.1) is 0 Å². The van der Waals surface area contributed by atoms with Gasteiger partial charge in [-0.1, -0.05) is 0 Å². The number of hydrogen-bond acceptors (Lipinski definition) is 4. The molecule has 0 radical (unpaired) electrons. The van der Waals surface area contributed by atoms with E-state index in [0.29, 0.717) is 20.3 Å². The van der Waals surface area contributed by atoms with E-state index >= 15 is 0 Å². The summed E-state index contributed by atoms with van der Waals surface area (Å²) >= 11 is 6.43. The first-order chi connectivity index (χ1) is 6.49. The van der Waals surface area contributed by atoms with Crippen molar-refractivity contribution in [1.82, 2.24) is 4.98 Å². The highest BCUT2D eigenvalue weighted by Gasteiger charge is 2.17. The maximum atomic E-state index is 11.3. The molecule has 0 fully saturated rings. The normalized spacial score (nSPS) is 10.0. The number of carbonyl (C=O) groups is 1. The Labute approximate surface area is 98.1 Å². The van der Waals surface area contributed by atoms with Gasteiger partial charge in [0, 0.05) is 4.47 Å². The van der Waals surface area contributed by atoms with Gasteiger partial charge in [-0.3, -0.25) is 0 Å². The average molecular weight is 324 g/mol. The molecule has 4 nitrogen and oxygen atoms in total. The van der Waals surface area contributed by atoms with Gasteiger partial charge in [0.1, 0.15) is 4.60 Å². The molecule has 6 heteroatoms. The molecular formula is C8H8Br2N2O2. The summed E-state index contributed by atoms with van der Waals surface area (Å²) in [5, 5.41) is 0. The lowest BCUT2D eigenvalue weighted by atomic mass is 10.2. The summed E-state index contributed by atoms with van der Waals surface area (Å²) < 4.78 is 5.66. The maximum Gasteiger partial charge on any atom is 0.357 e. The van der Waals surface area contributed by atoms with Gasteiger partial charge in [0.05, 0.1) is 12.8 Å². The Balaban J connectivity index is 3.40. The number of pyridine rings is 1. The molecule has 14 heavy (non-hydrogen) atoms. The molecule has 76 valence electrons. The number of nitrogens with zero attached hydrogens (tertiary/aromatic N) is 1. The monoisotopic (exact) mass is 322 g/mol. The van der Waals surface area contributed by atoms with E-state index in [9.17, 15) is 4.79 Å². The Morgan fingerprint density at radius 2 is 2.07 bits per heavy atom. The second kappa shape index (κ2) is 4.27. The minimum Gasteiger partial charge on any atom is -0.464 e. The highest BCUT2D eigenvalue weighted by atomic mass is 79.9. The van der Waals surface area contributed by atoms with Crippen molar-refractivity contribution in [1.29, 1.82) is 0 Å². The molecule has 1 aromatic rings. The molecule has 0 unspecified atom stereocenters. The lowest BCUT2D eigenvalue weighted by molar-refractivity contribution is 0.0593. The third-order valence-corrected chi connectivity index (χ3v) is 3.36. The lowest BCUT2D eigenvalue weighted by Crippen LogP contribution is -2.09. The second-order valence-corrected chi connectivity index (χ2v) is 4.14. The molecule has 0 aromatic carbocycles. The summed E-state index contributed by atoms with van der Waals surface area (Å²) in [5.41, 5.74) is 7.07. The standard InChI is InChI=1S/C8H8Br2N2O2/c1-3-4(9)5(11)7(10)12-6(3)8(13)14-2/h11H2,1-2H3. The topological polar surface area (TPSA) is 65.2 Å². The number of rotatable bonds is 1.